The fourth-order valence-corrected chi connectivity index (χ4v) is 0.788. The maximum absolute atomic E-state index is 10.9. The average Bonchev–Trinajstić information content (AvgIpc) is 2.20. The molecule has 2 nitrogen and oxygen atoms in total. The van der Waals surface area contributed by atoms with Crippen LogP contribution >= 0.6 is 0 Å². The maximum atomic E-state index is 10.9. The molecule has 0 aromatic heterocycles. The van der Waals surface area contributed by atoms with Crippen LogP contribution in [0, 0.1) is 0 Å². The topological polar surface area (TPSA) is 20.3 Å². The molecule has 0 unspecified atom stereocenters. The normalized spacial score (nSPS) is 17.9. The maximum Gasteiger partial charge on any atom is 0.255 e. The monoisotopic (exact) mass is 135 g/mol. The molecule has 1 rings (SSSR count). The van der Waals surface area contributed by atoms with Gasteiger partial charge in [0.15, 0.2) is 0 Å². The average molecular weight is 135 g/mol. The van der Waals surface area contributed by atoms with Gasteiger partial charge in [-0.15, -0.1) is 0 Å². The van der Waals surface area contributed by atoms with Crippen molar-refractivity contribution in [2.75, 3.05) is 0 Å². The number of rotatable bonds is 1. The third-order valence-corrected chi connectivity index (χ3v) is 1.26. The number of nitrogens with zero attached hydrogens (tertiary/aromatic N) is 1. The Balaban J connectivity index is 2.79. The number of hydrogen-bond donors (Lipinski definition) is 0. The Morgan fingerprint density at radius 2 is 2.30 bits per heavy atom. The van der Waals surface area contributed by atoms with Gasteiger partial charge in [0.1, 0.15) is 0 Å². The predicted molar refractivity (Wildman–Crippen MR) is 39.9 cm³/mol. The van der Waals surface area contributed by atoms with Gasteiger partial charge >= 0.3 is 0 Å². The van der Waals surface area contributed by atoms with Gasteiger partial charge in [-0.3, -0.25) is 9.69 Å². The molecule has 0 aliphatic carbocycles. The molecule has 0 saturated carbocycles. The number of hydrogen-bond acceptors (Lipinski definition) is 1. The number of allylic oxidation sites excluding steroid dienone is 2. The van der Waals surface area contributed by atoms with E-state index in [4.69, 9.17) is 0 Å². The Labute approximate surface area is 60.1 Å². The van der Waals surface area contributed by atoms with E-state index < -0.39 is 0 Å². The van der Waals surface area contributed by atoms with Crippen molar-refractivity contribution in [1.29, 1.82) is 0 Å². The molecule has 0 spiro atoms. The number of amides is 1. The van der Waals surface area contributed by atoms with E-state index in [0.29, 0.717) is 0 Å². The second kappa shape index (κ2) is 2.52. The molecule has 0 N–H and O–H groups in total. The fraction of sp³-hybridized carbons (Fsp3) is 0.125. The Morgan fingerprint density at radius 3 is 2.70 bits per heavy atom. The molecule has 0 bridgehead atoms. The standard InChI is InChI=1S/C8H9NO/c1-3-6-9-7(2)4-5-8(9)10/h3-6H,2H2,1H3. The van der Waals surface area contributed by atoms with Crippen LogP contribution in [0.25, 0.3) is 0 Å². The van der Waals surface area contributed by atoms with Gasteiger partial charge in [-0.25, -0.2) is 0 Å². The van der Waals surface area contributed by atoms with Gasteiger partial charge in [-0.2, -0.15) is 0 Å². The summed E-state index contributed by atoms with van der Waals surface area (Å²) in [5.74, 6) is -0.0249. The van der Waals surface area contributed by atoms with E-state index in [1.54, 1.807) is 18.4 Å². The van der Waals surface area contributed by atoms with Crippen molar-refractivity contribution in [2.24, 2.45) is 0 Å². The highest BCUT2D eigenvalue weighted by Gasteiger charge is 2.14. The van der Waals surface area contributed by atoms with E-state index in [1.165, 1.54) is 11.0 Å². The Bertz CT molecular complexity index is 207. The molecule has 1 aliphatic heterocycles. The molecule has 0 aromatic carbocycles. The van der Waals surface area contributed by atoms with Crippen LogP contribution in [-0.4, -0.2) is 10.8 Å². The first-order valence-electron chi connectivity index (χ1n) is 3.08. The van der Waals surface area contributed by atoms with Gasteiger partial charge in [0, 0.05) is 18.0 Å². The van der Waals surface area contributed by atoms with Crippen LogP contribution in [0.5, 0.6) is 0 Å². The highest BCUT2D eigenvalue weighted by Crippen LogP contribution is 2.12. The van der Waals surface area contributed by atoms with Crippen LogP contribution in [-0.2, 0) is 4.79 Å². The molecular formula is C8H9NO. The summed E-state index contributed by atoms with van der Waals surface area (Å²) < 4.78 is 0. The lowest BCUT2D eigenvalue weighted by Gasteiger charge is -2.09. The molecule has 0 saturated heterocycles. The Morgan fingerprint density at radius 1 is 1.60 bits per heavy atom. The molecule has 0 aromatic rings. The van der Waals surface area contributed by atoms with Crippen LogP contribution < -0.4 is 0 Å². The van der Waals surface area contributed by atoms with Gasteiger partial charge in [-0.1, -0.05) is 12.7 Å². The molecule has 10 heavy (non-hydrogen) atoms. The van der Waals surface area contributed by atoms with Gasteiger partial charge in [0.2, 0.25) is 0 Å². The summed E-state index contributed by atoms with van der Waals surface area (Å²) in [7, 11) is 0. The summed E-state index contributed by atoms with van der Waals surface area (Å²) in [6.45, 7) is 5.53. The largest absolute Gasteiger partial charge is 0.285 e. The lowest BCUT2D eigenvalue weighted by atomic mass is 10.5. The van der Waals surface area contributed by atoms with Crippen LogP contribution in [0.1, 0.15) is 6.92 Å². The summed E-state index contributed by atoms with van der Waals surface area (Å²) >= 11 is 0. The van der Waals surface area contributed by atoms with Gasteiger partial charge in [0.25, 0.3) is 5.91 Å². The smallest absolute Gasteiger partial charge is 0.255 e. The Hall–Kier alpha value is -1.31. The first-order chi connectivity index (χ1) is 4.75. The predicted octanol–water partition coefficient (Wildman–Crippen LogP) is 1.43. The quantitative estimate of drug-likeness (QED) is 0.532. The fourth-order valence-electron chi connectivity index (χ4n) is 0.788. The minimum absolute atomic E-state index is 0.0249. The van der Waals surface area contributed by atoms with Gasteiger partial charge < -0.3 is 0 Å². The minimum atomic E-state index is -0.0249. The van der Waals surface area contributed by atoms with E-state index in [0.717, 1.165) is 5.70 Å². The van der Waals surface area contributed by atoms with Gasteiger partial charge in [0.05, 0.1) is 0 Å². The van der Waals surface area contributed by atoms with Crippen molar-refractivity contribution in [2.45, 2.75) is 6.92 Å². The molecule has 1 aliphatic rings. The van der Waals surface area contributed by atoms with Crippen LogP contribution in [0.3, 0.4) is 0 Å². The van der Waals surface area contributed by atoms with Crippen molar-refractivity contribution in [3.8, 4) is 0 Å². The van der Waals surface area contributed by atoms with Gasteiger partial charge in [-0.05, 0) is 13.0 Å². The second-order valence-corrected chi connectivity index (χ2v) is 2.02. The zero-order valence-electron chi connectivity index (χ0n) is 5.87. The number of carbonyl (C=O) groups is 1. The molecular weight excluding hydrogens is 126 g/mol. The lowest BCUT2D eigenvalue weighted by molar-refractivity contribution is -0.121. The van der Waals surface area contributed by atoms with Crippen LogP contribution in [0.15, 0.2) is 36.7 Å². The minimum Gasteiger partial charge on any atom is -0.285 e. The van der Waals surface area contributed by atoms with E-state index in [-0.39, 0.29) is 5.91 Å². The third-order valence-electron chi connectivity index (χ3n) is 1.26. The van der Waals surface area contributed by atoms with E-state index in [1.807, 2.05) is 6.92 Å². The summed E-state index contributed by atoms with van der Waals surface area (Å²) in [4.78, 5) is 12.4. The van der Waals surface area contributed by atoms with Crippen molar-refractivity contribution < 1.29 is 4.79 Å². The second-order valence-electron chi connectivity index (χ2n) is 2.02. The van der Waals surface area contributed by atoms with Crippen molar-refractivity contribution in [1.82, 2.24) is 4.90 Å². The molecule has 1 amide bonds. The summed E-state index contributed by atoms with van der Waals surface area (Å²) in [6, 6.07) is 0. The van der Waals surface area contributed by atoms with Crippen molar-refractivity contribution in [3.63, 3.8) is 0 Å². The lowest BCUT2D eigenvalue weighted by Crippen LogP contribution is -2.15. The third kappa shape index (κ3) is 1.00. The zero-order chi connectivity index (χ0) is 7.56. The first-order valence-corrected chi connectivity index (χ1v) is 3.08. The Kier molecular flexibility index (Phi) is 1.71. The van der Waals surface area contributed by atoms with Crippen molar-refractivity contribution >= 4 is 5.91 Å². The SMILES string of the molecule is C=C1C=CC(=O)N1C=CC. The molecule has 0 radical (unpaired) electrons. The molecule has 0 atom stereocenters. The van der Waals surface area contributed by atoms with Crippen LogP contribution in [0.4, 0.5) is 0 Å². The zero-order valence-corrected chi connectivity index (χ0v) is 5.87. The molecule has 0 fully saturated rings. The molecule has 1 heterocycles. The molecule has 2 heteroatoms. The summed E-state index contributed by atoms with van der Waals surface area (Å²) in [6.07, 6.45) is 6.70. The summed E-state index contributed by atoms with van der Waals surface area (Å²) in [5.41, 5.74) is 0.725. The number of carbonyl (C=O) groups excluding carboxylic acids is 1. The highest BCUT2D eigenvalue weighted by atomic mass is 16.2. The molecule has 52 valence electrons. The first kappa shape index (κ1) is 6.81. The highest BCUT2D eigenvalue weighted by molar-refractivity contribution is 5.93. The van der Waals surface area contributed by atoms with E-state index in [9.17, 15) is 4.79 Å². The summed E-state index contributed by atoms with van der Waals surface area (Å²) in [5, 5.41) is 0. The van der Waals surface area contributed by atoms with Crippen molar-refractivity contribution in [3.05, 3.63) is 36.7 Å². The van der Waals surface area contributed by atoms with E-state index in [2.05, 4.69) is 6.58 Å². The van der Waals surface area contributed by atoms with Crippen LogP contribution in [0.2, 0.25) is 0 Å². The van der Waals surface area contributed by atoms with E-state index >= 15 is 0 Å².